The first-order valence-corrected chi connectivity index (χ1v) is 16.4. The maximum Gasteiger partial charge on any atom is 0.238 e. The lowest BCUT2D eigenvalue weighted by atomic mass is 9.99. The molecule has 0 saturated heterocycles. The summed E-state index contributed by atoms with van der Waals surface area (Å²) in [5, 5.41) is 4.36. The average molecular weight is 645 g/mol. The summed E-state index contributed by atoms with van der Waals surface area (Å²) in [5.41, 5.74) is 6.83. The molecule has 0 spiro atoms. The number of aromatic nitrogens is 5. The summed E-state index contributed by atoms with van der Waals surface area (Å²) in [6.07, 6.45) is 0. The molecule has 50 heavy (non-hydrogen) atoms. The molecule has 234 valence electrons. The van der Waals surface area contributed by atoms with Crippen molar-refractivity contribution in [3.05, 3.63) is 176 Å². The van der Waals surface area contributed by atoms with E-state index in [1.54, 1.807) is 12.1 Å². The van der Waals surface area contributed by atoms with Gasteiger partial charge in [0.15, 0.2) is 11.6 Å². The Morgan fingerprint density at radius 1 is 0.420 bits per heavy atom. The highest BCUT2D eigenvalue weighted by atomic mass is 15.2. The Kier molecular flexibility index (Phi) is 5.35. The van der Waals surface area contributed by atoms with Gasteiger partial charge >= 0.3 is 0 Å². The lowest BCUT2D eigenvalue weighted by Gasteiger charge is -2.13. The van der Waals surface area contributed by atoms with Gasteiger partial charge < -0.3 is 4.57 Å². The zero-order valence-corrected chi connectivity index (χ0v) is 26.6. The Morgan fingerprint density at radius 3 is 1.82 bits per heavy atom. The molecule has 0 radical (unpaired) electrons. The third-order valence-electron chi connectivity index (χ3n) is 9.28. The van der Waals surface area contributed by atoms with Crippen LogP contribution in [-0.4, -0.2) is 24.1 Å². The van der Waals surface area contributed by atoms with E-state index in [0.29, 0.717) is 28.7 Å². The van der Waals surface area contributed by atoms with Crippen LogP contribution in [0, 0.1) is 0 Å². The van der Waals surface area contributed by atoms with Crippen LogP contribution in [0.3, 0.4) is 0 Å². The molecule has 0 aliphatic heterocycles. The molecule has 0 atom stereocenters. The van der Waals surface area contributed by atoms with Gasteiger partial charge in [0.2, 0.25) is 5.95 Å². The summed E-state index contributed by atoms with van der Waals surface area (Å²) in [4.78, 5) is 15.3. The first kappa shape index (κ1) is 23.5. The van der Waals surface area contributed by atoms with E-state index in [9.17, 15) is 0 Å². The minimum atomic E-state index is -0.447. The van der Waals surface area contributed by atoms with E-state index < -0.39 is 18.1 Å². The van der Waals surface area contributed by atoms with Crippen LogP contribution in [0.5, 0.6) is 0 Å². The molecule has 7 aromatic carbocycles. The van der Waals surface area contributed by atoms with Crippen molar-refractivity contribution in [3.63, 3.8) is 0 Å². The molecule has 0 fully saturated rings. The van der Waals surface area contributed by atoms with Gasteiger partial charge in [-0.1, -0.05) is 145 Å². The fourth-order valence-electron chi connectivity index (χ4n) is 7.15. The predicted octanol–water partition coefficient (Wildman–Crippen LogP) is 11.1. The second kappa shape index (κ2) is 11.4. The lowest BCUT2D eigenvalue weighted by Crippen LogP contribution is -2.06. The fourth-order valence-corrected chi connectivity index (χ4v) is 7.15. The molecule has 0 unspecified atom stereocenters. The van der Waals surface area contributed by atoms with Gasteiger partial charge in [-0.2, -0.15) is 9.97 Å². The van der Waals surface area contributed by atoms with Crippen molar-refractivity contribution in [3.8, 4) is 45.5 Å². The van der Waals surface area contributed by atoms with E-state index in [1.165, 1.54) is 0 Å². The maximum absolute atomic E-state index is 8.80. The number of hydrogen-bond donors (Lipinski definition) is 0. The third kappa shape index (κ3) is 4.37. The Bertz CT molecular complexity index is 3130. The summed E-state index contributed by atoms with van der Waals surface area (Å²) < 4.78 is 47.0. The smallest absolute Gasteiger partial charge is 0.238 e. The zero-order chi connectivity index (χ0) is 37.4. The summed E-state index contributed by atoms with van der Waals surface area (Å²) in [7, 11) is 0. The summed E-state index contributed by atoms with van der Waals surface area (Å²) >= 11 is 0. The normalized spacial score (nSPS) is 13.0. The van der Waals surface area contributed by atoms with Crippen molar-refractivity contribution in [2.75, 3.05) is 0 Å². The molecular formula is C45H29N5. The zero-order valence-electron chi connectivity index (χ0n) is 31.6. The van der Waals surface area contributed by atoms with E-state index in [-0.39, 0.29) is 17.6 Å². The van der Waals surface area contributed by atoms with Crippen LogP contribution in [-0.2, 0) is 0 Å². The highest BCUT2D eigenvalue weighted by Gasteiger charge is 2.23. The molecule has 0 bridgehead atoms. The summed E-state index contributed by atoms with van der Waals surface area (Å²) in [5.74, 6) is 1.12. The summed E-state index contributed by atoms with van der Waals surface area (Å²) in [6, 6.07) is 46.4. The molecule has 0 aliphatic carbocycles. The van der Waals surface area contributed by atoms with E-state index >= 15 is 0 Å². The highest BCUT2D eigenvalue weighted by molar-refractivity contribution is 6.26. The number of para-hydroxylation sites is 3. The van der Waals surface area contributed by atoms with E-state index in [0.717, 1.165) is 54.9 Å². The SMILES string of the molecule is [2H]c1c([2H])c([2H])c(-c2ccccc2-c2nc(-c3ccccc3)nc(-n3c4ccccc4c4c3ccc3c5ccccc5n(-c5ccccc5)c34)n2)c([2H])c1[2H]. The van der Waals surface area contributed by atoms with Crippen LogP contribution in [0.2, 0.25) is 0 Å². The molecule has 0 amide bonds. The largest absolute Gasteiger partial charge is 0.309 e. The highest BCUT2D eigenvalue weighted by Crippen LogP contribution is 2.42. The number of benzene rings is 7. The van der Waals surface area contributed by atoms with Crippen LogP contribution in [0.4, 0.5) is 0 Å². The molecule has 0 N–H and O–H groups in total. The van der Waals surface area contributed by atoms with Crippen LogP contribution in [0.15, 0.2) is 176 Å². The van der Waals surface area contributed by atoms with Gasteiger partial charge in [0.05, 0.1) is 28.9 Å². The number of rotatable bonds is 5. The van der Waals surface area contributed by atoms with E-state index in [1.807, 2.05) is 60.7 Å². The van der Waals surface area contributed by atoms with Gasteiger partial charge in [-0.05, 0) is 41.5 Å². The maximum atomic E-state index is 8.80. The predicted molar refractivity (Wildman–Crippen MR) is 205 cm³/mol. The van der Waals surface area contributed by atoms with Gasteiger partial charge in [0.25, 0.3) is 0 Å². The molecular weight excluding hydrogens is 611 g/mol. The quantitative estimate of drug-likeness (QED) is 0.187. The number of hydrogen-bond acceptors (Lipinski definition) is 3. The molecule has 0 aliphatic rings. The van der Waals surface area contributed by atoms with Gasteiger partial charge in [0, 0.05) is 38.4 Å². The molecule has 10 rings (SSSR count). The first-order chi connectivity index (χ1) is 26.9. The molecule has 5 nitrogen and oxygen atoms in total. The number of nitrogens with zero attached hydrogens (tertiary/aromatic N) is 5. The van der Waals surface area contributed by atoms with E-state index in [4.69, 9.17) is 21.8 Å². The van der Waals surface area contributed by atoms with Crippen molar-refractivity contribution in [2.24, 2.45) is 0 Å². The number of fused-ring (bicyclic) bond motifs is 7. The molecule has 0 saturated carbocycles. The lowest BCUT2D eigenvalue weighted by molar-refractivity contribution is 0.954. The molecule has 3 heterocycles. The van der Waals surface area contributed by atoms with Crippen LogP contribution in [0.1, 0.15) is 6.85 Å². The van der Waals surface area contributed by atoms with Gasteiger partial charge in [-0.3, -0.25) is 4.57 Å². The topological polar surface area (TPSA) is 48.5 Å². The Morgan fingerprint density at radius 2 is 1.04 bits per heavy atom. The molecule has 5 heteroatoms. The monoisotopic (exact) mass is 644 g/mol. The van der Waals surface area contributed by atoms with Crippen LogP contribution < -0.4 is 0 Å². The van der Waals surface area contributed by atoms with Crippen molar-refractivity contribution >= 4 is 43.6 Å². The van der Waals surface area contributed by atoms with Gasteiger partial charge in [-0.25, -0.2) is 4.98 Å². The Labute approximate surface area is 295 Å². The minimum absolute atomic E-state index is 0.0813. The Hall–Kier alpha value is -6.85. The van der Waals surface area contributed by atoms with Crippen molar-refractivity contribution < 1.29 is 6.85 Å². The standard InChI is InChI=1S/C45H29N5/c1-4-16-30(17-5-1)33-22-10-11-24-36(33)44-46-43(31-18-6-2-7-19-31)47-45(48-44)50-39-27-15-13-25-37(39)41-40(50)29-28-35-34-23-12-14-26-38(34)49(42(35)41)32-20-8-3-9-21-32/h1-29H/i1D,4D,5D,16D,17D. The van der Waals surface area contributed by atoms with Crippen molar-refractivity contribution in [1.82, 2.24) is 24.1 Å². The second-order valence-electron chi connectivity index (χ2n) is 12.1. The van der Waals surface area contributed by atoms with Gasteiger partial charge in [0.1, 0.15) is 0 Å². The molecule has 3 aromatic heterocycles. The third-order valence-corrected chi connectivity index (χ3v) is 9.28. The van der Waals surface area contributed by atoms with E-state index in [2.05, 4.69) is 81.9 Å². The van der Waals surface area contributed by atoms with Gasteiger partial charge in [-0.15, -0.1) is 0 Å². The average Bonchev–Trinajstić information content (AvgIpc) is 3.76. The minimum Gasteiger partial charge on any atom is -0.309 e. The fraction of sp³-hybridized carbons (Fsp3) is 0. The van der Waals surface area contributed by atoms with Crippen LogP contribution >= 0.6 is 0 Å². The van der Waals surface area contributed by atoms with Crippen molar-refractivity contribution in [1.29, 1.82) is 0 Å². The van der Waals surface area contributed by atoms with Crippen LogP contribution in [0.25, 0.3) is 89.2 Å². The summed E-state index contributed by atoms with van der Waals surface area (Å²) in [6.45, 7) is 0. The molecule has 10 aromatic rings. The second-order valence-corrected chi connectivity index (χ2v) is 12.1. The first-order valence-electron chi connectivity index (χ1n) is 18.9. The van der Waals surface area contributed by atoms with Crippen molar-refractivity contribution in [2.45, 2.75) is 0 Å². The Balaban J connectivity index is 1.31.